The van der Waals surface area contributed by atoms with Gasteiger partial charge in [0.2, 0.25) is 5.91 Å². The van der Waals surface area contributed by atoms with E-state index in [1.165, 1.54) is 16.7 Å². The van der Waals surface area contributed by atoms with Crippen molar-refractivity contribution in [1.29, 1.82) is 0 Å². The molecule has 0 saturated carbocycles. The molecule has 0 atom stereocenters. The Morgan fingerprint density at radius 1 is 0.955 bits per heavy atom. The van der Waals surface area contributed by atoms with Gasteiger partial charge in [0.05, 0.1) is 0 Å². The van der Waals surface area contributed by atoms with E-state index in [9.17, 15) is 4.79 Å². The minimum atomic E-state index is 0.0223. The van der Waals surface area contributed by atoms with Gasteiger partial charge in [-0.3, -0.25) is 4.79 Å². The Morgan fingerprint density at radius 2 is 1.59 bits per heavy atom. The van der Waals surface area contributed by atoms with Crippen LogP contribution in [0.1, 0.15) is 28.7 Å². The van der Waals surface area contributed by atoms with Crippen LogP contribution in [0.25, 0.3) is 0 Å². The fourth-order valence-electron chi connectivity index (χ4n) is 2.58. The van der Waals surface area contributed by atoms with Gasteiger partial charge in [0.15, 0.2) is 0 Å². The molecule has 22 heavy (non-hydrogen) atoms. The maximum Gasteiger partial charge on any atom is 0.224 e. The molecule has 0 fully saturated rings. The lowest BCUT2D eigenvalue weighted by Gasteiger charge is -2.07. The monoisotopic (exact) mass is 297 g/mol. The second-order valence-corrected chi connectivity index (χ2v) is 5.71. The Morgan fingerprint density at radius 3 is 2.18 bits per heavy atom. The van der Waals surface area contributed by atoms with Crippen LogP contribution in [0.3, 0.4) is 0 Å². The highest BCUT2D eigenvalue weighted by molar-refractivity contribution is 5.90. The van der Waals surface area contributed by atoms with Crippen molar-refractivity contribution in [3.8, 4) is 0 Å². The molecule has 2 aromatic carbocycles. The standard InChI is InChI=1S/C19H23NO2/c1-14-11-15(2)13-17(12-14)5-8-19(22)20-18-6-3-16(4-7-18)9-10-21/h3-4,6-7,11-13,21H,5,8-10H2,1-2H3,(H,20,22). The van der Waals surface area contributed by atoms with Gasteiger partial charge in [0, 0.05) is 18.7 Å². The van der Waals surface area contributed by atoms with Gasteiger partial charge >= 0.3 is 0 Å². The Hall–Kier alpha value is -2.13. The SMILES string of the molecule is Cc1cc(C)cc(CCC(=O)Nc2ccc(CCO)cc2)c1. The van der Waals surface area contributed by atoms with E-state index in [1.54, 1.807) is 0 Å². The third-order valence-electron chi connectivity index (χ3n) is 3.56. The van der Waals surface area contributed by atoms with Crippen LogP contribution in [-0.4, -0.2) is 17.6 Å². The molecule has 2 aromatic rings. The zero-order chi connectivity index (χ0) is 15.9. The smallest absolute Gasteiger partial charge is 0.224 e. The van der Waals surface area contributed by atoms with Crippen molar-refractivity contribution < 1.29 is 9.90 Å². The van der Waals surface area contributed by atoms with Crippen molar-refractivity contribution in [2.24, 2.45) is 0 Å². The van der Waals surface area contributed by atoms with E-state index in [0.717, 1.165) is 17.7 Å². The third-order valence-corrected chi connectivity index (χ3v) is 3.56. The molecular weight excluding hydrogens is 274 g/mol. The zero-order valence-electron chi connectivity index (χ0n) is 13.2. The third kappa shape index (κ3) is 5.01. The molecule has 3 heteroatoms. The molecule has 0 aromatic heterocycles. The van der Waals surface area contributed by atoms with Gasteiger partial charge in [0.1, 0.15) is 0 Å². The first-order chi connectivity index (χ1) is 10.6. The Kier molecular flexibility index (Phi) is 5.73. The van der Waals surface area contributed by atoms with E-state index < -0.39 is 0 Å². The number of hydrogen-bond acceptors (Lipinski definition) is 2. The molecule has 1 amide bonds. The van der Waals surface area contributed by atoms with Crippen LogP contribution < -0.4 is 5.32 Å². The summed E-state index contributed by atoms with van der Waals surface area (Å²) < 4.78 is 0. The van der Waals surface area contributed by atoms with Gasteiger partial charge in [-0.1, -0.05) is 41.5 Å². The van der Waals surface area contributed by atoms with Crippen molar-refractivity contribution in [2.45, 2.75) is 33.1 Å². The van der Waals surface area contributed by atoms with E-state index in [1.807, 2.05) is 24.3 Å². The average molecular weight is 297 g/mol. The Labute approximate surface area is 132 Å². The average Bonchev–Trinajstić information content (AvgIpc) is 2.47. The van der Waals surface area contributed by atoms with Crippen LogP contribution in [0.5, 0.6) is 0 Å². The lowest BCUT2D eigenvalue weighted by Crippen LogP contribution is -2.12. The maximum absolute atomic E-state index is 12.0. The molecule has 0 spiro atoms. The zero-order valence-corrected chi connectivity index (χ0v) is 13.2. The summed E-state index contributed by atoms with van der Waals surface area (Å²) in [6, 6.07) is 14.0. The van der Waals surface area contributed by atoms with Crippen molar-refractivity contribution >= 4 is 11.6 Å². The van der Waals surface area contributed by atoms with E-state index in [0.29, 0.717) is 12.8 Å². The number of carbonyl (C=O) groups excluding carboxylic acids is 1. The minimum absolute atomic E-state index is 0.0223. The van der Waals surface area contributed by atoms with E-state index >= 15 is 0 Å². The lowest BCUT2D eigenvalue weighted by atomic mass is 10.0. The van der Waals surface area contributed by atoms with Gasteiger partial charge in [-0.05, 0) is 49.9 Å². The summed E-state index contributed by atoms with van der Waals surface area (Å²) >= 11 is 0. The second kappa shape index (κ2) is 7.76. The normalized spacial score (nSPS) is 10.5. The first kappa shape index (κ1) is 16.2. The molecule has 116 valence electrons. The lowest BCUT2D eigenvalue weighted by molar-refractivity contribution is -0.116. The number of aryl methyl sites for hydroxylation is 3. The summed E-state index contributed by atoms with van der Waals surface area (Å²) in [5.41, 5.74) is 5.53. The molecule has 0 aliphatic heterocycles. The molecule has 3 nitrogen and oxygen atoms in total. The molecular formula is C19H23NO2. The van der Waals surface area contributed by atoms with E-state index in [-0.39, 0.29) is 12.5 Å². The largest absolute Gasteiger partial charge is 0.396 e. The summed E-state index contributed by atoms with van der Waals surface area (Å²) in [5, 5.41) is 11.8. The number of benzene rings is 2. The summed E-state index contributed by atoms with van der Waals surface area (Å²) in [6.07, 6.45) is 1.86. The number of carbonyl (C=O) groups is 1. The number of rotatable bonds is 6. The first-order valence-electron chi connectivity index (χ1n) is 7.63. The van der Waals surface area contributed by atoms with Crippen LogP contribution in [-0.2, 0) is 17.6 Å². The number of hydrogen-bond donors (Lipinski definition) is 2. The number of anilines is 1. The molecule has 0 aliphatic rings. The van der Waals surface area contributed by atoms with Crippen molar-refractivity contribution in [2.75, 3.05) is 11.9 Å². The molecule has 0 saturated heterocycles. The molecule has 0 aliphatic carbocycles. The molecule has 0 radical (unpaired) electrons. The fraction of sp³-hybridized carbons (Fsp3) is 0.316. The molecule has 2 N–H and O–H groups in total. The van der Waals surface area contributed by atoms with Crippen molar-refractivity contribution in [3.63, 3.8) is 0 Å². The molecule has 0 heterocycles. The van der Waals surface area contributed by atoms with Crippen LogP contribution in [0, 0.1) is 13.8 Å². The topological polar surface area (TPSA) is 49.3 Å². The molecule has 0 unspecified atom stereocenters. The van der Waals surface area contributed by atoms with Gasteiger partial charge in [0.25, 0.3) is 0 Å². The number of aliphatic hydroxyl groups excluding tert-OH is 1. The van der Waals surface area contributed by atoms with Crippen LogP contribution in [0.2, 0.25) is 0 Å². The minimum Gasteiger partial charge on any atom is -0.396 e. The van der Waals surface area contributed by atoms with E-state index in [2.05, 4.69) is 37.4 Å². The second-order valence-electron chi connectivity index (χ2n) is 5.71. The predicted octanol–water partition coefficient (Wildman–Crippen LogP) is 3.41. The molecule has 2 rings (SSSR count). The summed E-state index contributed by atoms with van der Waals surface area (Å²) in [5.74, 6) is 0.0223. The summed E-state index contributed by atoms with van der Waals surface area (Å²) in [4.78, 5) is 12.0. The highest BCUT2D eigenvalue weighted by atomic mass is 16.2. The van der Waals surface area contributed by atoms with Crippen LogP contribution in [0.15, 0.2) is 42.5 Å². The Balaban J connectivity index is 1.87. The highest BCUT2D eigenvalue weighted by Crippen LogP contribution is 2.13. The fourth-order valence-corrected chi connectivity index (χ4v) is 2.58. The van der Waals surface area contributed by atoms with Gasteiger partial charge in [-0.2, -0.15) is 0 Å². The first-order valence-corrected chi connectivity index (χ1v) is 7.63. The van der Waals surface area contributed by atoms with Crippen molar-refractivity contribution in [1.82, 2.24) is 0 Å². The number of aliphatic hydroxyl groups is 1. The maximum atomic E-state index is 12.0. The quantitative estimate of drug-likeness (QED) is 0.858. The van der Waals surface area contributed by atoms with Gasteiger partial charge in [-0.15, -0.1) is 0 Å². The van der Waals surface area contributed by atoms with Gasteiger partial charge in [-0.25, -0.2) is 0 Å². The summed E-state index contributed by atoms with van der Waals surface area (Å²) in [6.45, 7) is 4.29. The number of nitrogens with one attached hydrogen (secondary N) is 1. The van der Waals surface area contributed by atoms with Gasteiger partial charge < -0.3 is 10.4 Å². The van der Waals surface area contributed by atoms with Crippen molar-refractivity contribution in [3.05, 3.63) is 64.7 Å². The predicted molar refractivity (Wildman–Crippen MR) is 90.1 cm³/mol. The summed E-state index contributed by atoms with van der Waals surface area (Å²) in [7, 11) is 0. The van der Waals surface area contributed by atoms with Crippen LogP contribution in [0.4, 0.5) is 5.69 Å². The highest BCUT2D eigenvalue weighted by Gasteiger charge is 2.04. The Bertz CT molecular complexity index is 612. The number of amides is 1. The van der Waals surface area contributed by atoms with E-state index in [4.69, 9.17) is 5.11 Å². The van der Waals surface area contributed by atoms with Crippen LogP contribution >= 0.6 is 0 Å². The molecule has 0 bridgehead atoms.